The molecular weight excluding hydrogens is 380 g/mol. The van der Waals surface area contributed by atoms with Gasteiger partial charge in [-0.25, -0.2) is 9.36 Å². The number of nitrogens with zero attached hydrogens (tertiary/aromatic N) is 2. The van der Waals surface area contributed by atoms with Crippen LogP contribution in [-0.4, -0.2) is 4.57 Å². The zero-order chi connectivity index (χ0) is 22.0. The van der Waals surface area contributed by atoms with E-state index in [2.05, 4.69) is 75.7 Å². The molecule has 2 aliphatic heterocycles. The van der Waals surface area contributed by atoms with E-state index in [0.717, 1.165) is 29.6 Å². The summed E-state index contributed by atoms with van der Waals surface area (Å²) < 4.78 is 4.48. The van der Waals surface area contributed by atoms with Gasteiger partial charge in [-0.1, -0.05) is 64.8 Å². The zero-order valence-electron chi connectivity index (χ0n) is 19.6. The van der Waals surface area contributed by atoms with Crippen molar-refractivity contribution in [2.75, 3.05) is 0 Å². The molecule has 1 aromatic heterocycles. The number of fused-ring (bicyclic) bond motifs is 2. The van der Waals surface area contributed by atoms with Gasteiger partial charge in [-0.05, 0) is 55.9 Å². The number of hydrogen-bond acceptors (Lipinski definition) is 1. The van der Waals surface area contributed by atoms with Crippen LogP contribution in [0, 0.1) is 17.3 Å². The number of rotatable bonds is 5. The maximum absolute atomic E-state index is 13.6. The van der Waals surface area contributed by atoms with Crippen molar-refractivity contribution < 1.29 is 4.57 Å². The summed E-state index contributed by atoms with van der Waals surface area (Å²) in [6.45, 7) is 11.8. The van der Waals surface area contributed by atoms with Gasteiger partial charge in [0.05, 0.1) is 11.8 Å². The van der Waals surface area contributed by atoms with Crippen LogP contribution in [0.3, 0.4) is 0 Å². The smallest absolute Gasteiger partial charge is 0.240 e. The van der Waals surface area contributed by atoms with Crippen molar-refractivity contribution >= 4 is 22.7 Å². The topological polar surface area (TPSA) is 25.9 Å². The normalized spacial score (nSPS) is 30.7. The molecule has 0 spiro atoms. The van der Waals surface area contributed by atoms with E-state index >= 15 is 0 Å². The van der Waals surface area contributed by atoms with Gasteiger partial charge < -0.3 is 0 Å². The van der Waals surface area contributed by atoms with E-state index in [0.29, 0.717) is 11.8 Å². The molecule has 0 saturated heterocycles. The van der Waals surface area contributed by atoms with Crippen LogP contribution in [0.4, 0.5) is 0 Å². The maximum atomic E-state index is 13.6. The quantitative estimate of drug-likeness (QED) is 0.544. The van der Waals surface area contributed by atoms with E-state index in [4.69, 9.17) is 0 Å². The first-order chi connectivity index (χ1) is 14.9. The van der Waals surface area contributed by atoms with Gasteiger partial charge in [0.2, 0.25) is 0 Å². The van der Waals surface area contributed by atoms with Crippen LogP contribution in [0.1, 0.15) is 72.5 Å². The predicted molar refractivity (Wildman–Crippen MR) is 129 cm³/mol. The molecule has 0 bridgehead atoms. The number of hydrogen-bond donors (Lipinski definition) is 0. The lowest BCUT2D eigenvalue weighted by Gasteiger charge is -2.52. The van der Waals surface area contributed by atoms with E-state index in [1.165, 1.54) is 30.4 Å². The van der Waals surface area contributed by atoms with E-state index in [-0.39, 0.29) is 16.5 Å². The molecule has 3 heteroatoms. The molecule has 3 nitrogen and oxygen atoms in total. The minimum absolute atomic E-state index is 0.00455. The molecule has 0 radical (unpaired) electrons. The third-order valence-electron chi connectivity index (χ3n) is 8.88. The molecule has 3 aliphatic rings. The summed E-state index contributed by atoms with van der Waals surface area (Å²) in [6.07, 6.45) is 15.0. The fraction of sp³-hybridized carbons (Fsp3) is 0.500. The summed E-state index contributed by atoms with van der Waals surface area (Å²) in [5.41, 5.74) is 3.88. The average molecular weight is 416 g/mol. The van der Waals surface area contributed by atoms with Crippen LogP contribution in [-0.2, 0) is 5.54 Å². The van der Waals surface area contributed by atoms with E-state index in [1.807, 2.05) is 16.7 Å². The molecule has 0 N–H and O–H groups in total. The molecule has 2 aromatic rings. The van der Waals surface area contributed by atoms with Crippen molar-refractivity contribution in [3.63, 3.8) is 0 Å². The predicted octanol–water partition coefficient (Wildman–Crippen LogP) is 6.07. The lowest BCUT2D eigenvalue weighted by molar-refractivity contribution is -0.761. The number of para-hydroxylation sites is 1. The molecule has 1 aromatic carbocycles. The first-order valence-electron chi connectivity index (χ1n) is 12.1. The minimum atomic E-state index is -0.124. The van der Waals surface area contributed by atoms with Crippen LogP contribution in [0.2, 0.25) is 0 Å². The van der Waals surface area contributed by atoms with Crippen molar-refractivity contribution in [1.29, 1.82) is 0 Å². The second kappa shape index (κ2) is 7.05. The van der Waals surface area contributed by atoms with Crippen LogP contribution in [0.5, 0.6) is 0 Å². The Morgan fingerprint density at radius 3 is 2.55 bits per heavy atom. The molecule has 1 aliphatic carbocycles. The highest BCUT2D eigenvalue weighted by atomic mass is 16.1. The van der Waals surface area contributed by atoms with Crippen LogP contribution < -0.4 is 10.1 Å². The Balaban J connectivity index is 1.93. The Labute approximate surface area is 185 Å². The molecule has 3 heterocycles. The first-order valence-corrected chi connectivity index (χ1v) is 12.1. The van der Waals surface area contributed by atoms with Gasteiger partial charge in [0.15, 0.2) is 0 Å². The fourth-order valence-corrected chi connectivity index (χ4v) is 6.55. The van der Waals surface area contributed by atoms with Crippen molar-refractivity contribution in [1.82, 2.24) is 4.57 Å². The molecule has 5 rings (SSSR count). The third-order valence-corrected chi connectivity index (χ3v) is 8.88. The van der Waals surface area contributed by atoms with Gasteiger partial charge in [0.25, 0.3) is 5.82 Å². The molecule has 31 heavy (non-hydrogen) atoms. The number of unbranched alkanes of at least 4 members (excludes halogenated alkanes) is 1. The van der Waals surface area contributed by atoms with Gasteiger partial charge in [0, 0.05) is 11.3 Å². The molecule has 4 unspecified atom stereocenters. The number of aromatic nitrogens is 2. The van der Waals surface area contributed by atoms with E-state index in [1.54, 1.807) is 0 Å². The van der Waals surface area contributed by atoms with Crippen molar-refractivity contribution in [2.45, 2.75) is 72.3 Å². The van der Waals surface area contributed by atoms with Crippen molar-refractivity contribution in [3.05, 3.63) is 64.2 Å². The monoisotopic (exact) mass is 415 g/mol. The Morgan fingerprint density at radius 2 is 1.84 bits per heavy atom. The second-order valence-corrected chi connectivity index (χ2v) is 10.0. The first kappa shape index (κ1) is 20.5. The summed E-state index contributed by atoms with van der Waals surface area (Å²) in [4.78, 5) is 13.6. The second-order valence-electron chi connectivity index (χ2n) is 10.0. The van der Waals surface area contributed by atoms with Gasteiger partial charge in [-0.3, -0.25) is 0 Å². The van der Waals surface area contributed by atoms with Crippen molar-refractivity contribution in [2.24, 2.45) is 17.3 Å². The number of allylic oxidation sites excluding steroid dienone is 5. The molecule has 0 saturated carbocycles. The zero-order valence-corrected chi connectivity index (χ0v) is 19.6. The summed E-state index contributed by atoms with van der Waals surface area (Å²) in [5.74, 6) is 1.98. The molecule has 4 atom stereocenters. The molecule has 0 fully saturated rings. The number of benzene rings is 1. The fourth-order valence-electron chi connectivity index (χ4n) is 6.55. The third kappa shape index (κ3) is 2.46. The van der Waals surface area contributed by atoms with Gasteiger partial charge in [-0.2, -0.15) is 4.57 Å². The summed E-state index contributed by atoms with van der Waals surface area (Å²) in [7, 11) is 0. The maximum Gasteiger partial charge on any atom is 0.350 e. The Morgan fingerprint density at radius 1 is 1.06 bits per heavy atom. The van der Waals surface area contributed by atoms with E-state index in [9.17, 15) is 4.79 Å². The van der Waals surface area contributed by atoms with E-state index < -0.39 is 0 Å². The lowest BCUT2D eigenvalue weighted by atomic mass is 9.57. The Kier molecular flexibility index (Phi) is 4.66. The standard InChI is InChI=1S/C28H35N2O/c1-6-9-12-19-15-16-22-24-20(19)17-18-29-25(24)30(28(5,8-3)27(22,4)7-2)23-14-11-10-13-21(23)26(29)31/h10-11,13-20H,6-9,12H2,1-5H3/q+1. The summed E-state index contributed by atoms with van der Waals surface area (Å²) in [5, 5.41) is 0.811. The SMILES string of the molecule is CCCCC1C=CC2=C3c4n(c(=O)c5ccccc5[n+]4C(C)(CC)C2(C)CC)C=CC31. The molecular formula is C28H35N2O+. The molecule has 0 amide bonds. The average Bonchev–Trinajstić information content (AvgIpc) is 2.81. The lowest BCUT2D eigenvalue weighted by Crippen LogP contribution is -2.69. The van der Waals surface area contributed by atoms with Crippen molar-refractivity contribution in [3.8, 4) is 0 Å². The van der Waals surface area contributed by atoms with Crippen LogP contribution in [0.15, 0.2) is 52.9 Å². The van der Waals surface area contributed by atoms with Gasteiger partial charge in [-0.15, -0.1) is 0 Å². The van der Waals surface area contributed by atoms with Crippen LogP contribution >= 0.6 is 0 Å². The Hall–Kier alpha value is -2.42. The largest absolute Gasteiger partial charge is 0.350 e. The summed E-state index contributed by atoms with van der Waals surface area (Å²) in [6, 6.07) is 8.20. The highest BCUT2D eigenvalue weighted by molar-refractivity contribution is 5.81. The Bertz CT molecular complexity index is 1210. The summed E-state index contributed by atoms with van der Waals surface area (Å²) >= 11 is 0. The molecule has 162 valence electrons. The highest BCUT2D eigenvalue weighted by Crippen LogP contribution is 2.56. The van der Waals surface area contributed by atoms with Gasteiger partial charge in [0.1, 0.15) is 16.4 Å². The van der Waals surface area contributed by atoms with Gasteiger partial charge >= 0.3 is 5.56 Å². The van der Waals surface area contributed by atoms with Crippen LogP contribution in [0.25, 0.3) is 22.7 Å². The highest BCUT2D eigenvalue weighted by Gasteiger charge is 2.58. The minimum Gasteiger partial charge on any atom is -0.240 e.